The highest BCUT2D eigenvalue weighted by Crippen LogP contribution is 2.31. The Bertz CT molecular complexity index is 775. The van der Waals surface area contributed by atoms with Crippen LogP contribution in [0.2, 0.25) is 0 Å². The average Bonchev–Trinajstić information content (AvgIpc) is 2.97. The highest BCUT2D eigenvalue weighted by atomic mass is 79.9. The van der Waals surface area contributed by atoms with E-state index >= 15 is 0 Å². The van der Waals surface area contributed by atoms with Gasteiger partial charge in [-0.1, -0.05) is 0 Å². The maximum atomic E-state index is 12.1. The first-order chi connectivity index (χ1) is 11.7. The molecule has 0 spiro atoms. The number of aromatic nitrogens is 3. The summed E-state index contributed by atoms with van der Waals surface area (Å²) in [7, 11) is 0. The number of hydrogen-bond donors (Lipinski definition) is 2. The van der Waals surface area contributed by atoms with Gasteiger partial charge in [0, 0.05) is 34.7 Å². The van der Waals surface area contributed by atoms with Crippen LogP contribution in [-0.4, -0.2) is 45.5 Å². The lowest BCUT2D eigenvalue weighted by Gasteiger charge is -2.40. The summed E-state index contributed by atoms with van der Waals surface area (Å²) in [4.78, 5) is 18.9. The quantitative estimate of drug-likeness (QED) is 0.791. The minimum absolute atomic E-state index is 0.276. The van der Waals surface area contributed by atoms with Crippen LogP contribution in [0.1, 0.15) is 40.5 Å². The molecule has 1 saturated heterocycles. The molecule has 0 aromatic carbocycles. The van der Waals surface area contributed by atoms with Crippen molar-refractivity contribution in [2.24, 2.45) is 0 Å². The Morgan fingerprint density at radius 3 is 2.68 bits per heavy atom. The van der Waals surface area contributed by atoms with Gasteiger partial charge in [-0.2, -0.15) is 5.10 Å². The van der Waals surface area contributed by atoms with Crippen LogP contribution in [0.4, 0.5) is 10.6 Å². The van der Waals surface area contributed by atoms with Gasteiger partial charge in [0.2, 0.25) is 0 Å². The maximum Gasteiger partial charge on any atom is 0.408 e. The molecule has 0 saturated carbocycles. The summed E-state index contributed by atoms with van der Waals surface area (Å²) in [6.45, 7) is 9.27. The van der Waals surface area contributed by atoms with Gasteiger partial charge in [-0.25, -0.2) is 9.78 Å². The van der Waals surface area contributed by atoms with Crippen LogP contribution >= 0.6 is 15.9 Å². The molecule has 0 unspecified atom stereocenters. The molecule has 0 aliphatic carbocycles. The van der Waals surface area contributed by atoms with Gasteiger partial charge in [0.1, 0.15) is 11.1 Å². The normalized spacial score (nSPS) is 17.6. The number of anilines is 1. The number of carbonyl (C=O) groups excluding carboxylic acids is 1. The number of carbonyl (C=O) groups is 1. The van der Waals surface area contributed by atoms with E-state index in [4.69, 9.17) is 4.74 Å². The lowest BCUT2D eigenvalue weighted by molar-refractivity contribution is 0.0448. The van der Waals surface area contributed by atoms with Crippen LogP contribution < -0.4 is 10.2 Å². The second-order valence-electron chi connectivity index (χ2n) is 7.76. The molecular formula is C17H24BrN5O2. The monoisotopic (exact) mass is 409 g/mol. The summed E-state index contributed by atoms with van der Waals surface area (Å²) in [5.41, 5.74) is 0.161. The molecule has 1 aliphatic rings. The van der Waals surface area contributed by atoms with Crippen molar-refractivity contribution in [3.8, 4) is 0 Å². The predicted octanol–water partition coefficient (Wildman–Crippen LogP) is 3.60. The summed E-state index contributed by atoms with van der Waals surface area (Å²) in [6, 6.07) is 0. The number of nitrogens with one attached hydrogen (secondary N) is 2. The number of fused-ring (bicyclic) bond motifs is 1. The molecule has 0 radical (unpaired) electrons. The topological polar surface area (TPSA) is 83.1 Å². The average molecular weight is 410 g/mol. The number of aromatic amines is 1. The van der Waals surface area contributed by atoms with Crippen molar-refractivity contribution in [1.82, 2.24) is 20.5 Å². The van der Waals surface area contributed by atoms with E-state index < -0.39 is 5.60 Å². The molecule has 8 heteroatoms. The van der Waals surface area contributed by atoms with Crippen LogP contribution in [0, 0.1) is 0 Å². The van der Waals surface area contributed by atoms with Gasteiger partial charge in [-0.15, -0.1) is 0 Å². The minimum Gasteiger partial charge on any atom is -0.444 e. The first kappa shape index (κ1) is 18.0. The summed E-state index contributed by atoms with van der Waals surface area (Å²) in [5, 5.41) is 11.2. The maximum absolute atomic E-state index is 12.1. The van der Waals surface area contributed by atoms with E-state index in [1.165, 1.54) is 0 Å². The van der Waals surface area contributed by atoms with E-state index in [1.54, 1.807) is 12.4 Å². The third-order valence-electron chi connectivity index (χ3n) is 4.39. The van der Waals surface area contributed by atoms with E-state index in [2.05, 4.69) is 48.3 Å². The van der Waals surface area contributed by atoms with Crippen molar-refractivity contribution in [2.75, 3.05) is 18.0 Å². The smallest absolute Gasteiger partial charge is 0.408 e. The van der Waals surface area contributed by atoms with E-state index in [9.17, 15) is 4.79 Å². The van der Waals surface area contributed by atoms with Gasteiger partial charge in [0.15, 0.2) is 5.82 Å². The molecule has 1 amide bonds. The summed E-state index contributed by atoms with van der Waals surface area (Å²) in [5.74, 6) is 0.898. The SMILES string of the molecule is CC1(NC(=O)OC(C)(C)C)CCN(c2ncc(Br)c3cn[nH]c23)CC1. The van der Waals surface area contributed by atoms with E-state index in [-0.39, 0.29) is 11.6 Å². The van der Waals surface area contributed by atoms with E-state index in [0.29, 0.717) is 0 Å². The van der Waals surface area contributed by atoms with Crippen molar-refractivity contribution < 1.29 is 9.53 Å². The molecule has 0 bridgehead atoms. The first-order valence-electron chi connectivity index (χ1n) is 8.41. The number of rotatable bonds is 2. The van der Waals surface area contributed by atoms with Gasteiger partial charge in [-0.3, -0.25) is 5.10 Å². The number of ether oxygens (including phenoxy) is 1. The number of alkyl carbamates (subject to hydrolysis) is 1. The molecule has 136 valence electrons. The van der Waals surface area contributed by atoms with Crippen LogP contribution in [0.5, 0.6) is 0 Å². The summed E-state index contributed by atoms with van der Waals surface area (Å²) in [6.07, 6.45) is 4.88. The summed E-state index contributed by atoms with van der Waals surface area (Å²) < 4.78 is 6.31. The highest BCUT2D eigenvalue weighted by Gasteiger charge is 2.34. The predicted molar refractivity (Wildman–Crippen MR) is 101 cm³/mol. The molecular weight excluding hydrogens is 386 g/mol. The Hall–Kier alpha value is -1.83. The Kier molecular flexibility index (Phi) is 4.66. The molecule has 2 aromatic rings. The van der Waals surface area contributed by atoms with Gasteiger partial charge in [-0.05, 0) is 56.5 Å². The van der Waals surface area contributed by atoms with Gasteiger partial charge < -0.3 is 15.0 Å². The molecule has 1 fully saturated rings. The first-order valence-corrected chi connectivity index (χ1v) is 9.20. The lowest BCUT2D eigenvalue weighted by atomic mass is 9.89. The number of amides is 1. The Balaban J connectivity index is 1.68. The zero-order valence-corrected chi connectivity index (χ0v) is 16.6. The van der Waals surface area contributed by atoms with Gasteiger partial charge in [0.05, 0.1) is 6.20 Å². The largest absolute Gasteiger partial charge is 0.444 e. The third kappa shape index (κ3) is 4.05. The van der Waals surface area contributed by atoms with Gasteiger partial charge >= 0.3 is 6.09 Å². The van der Waals surface area contributed by atoms with Crippen molar-refractivity contribution in [2.45, 2.75) is 51.7 Å². The number of H-pyrrole nitrogens is 1. The standard InChI is InChI=1S/C17H24BrN5O2/c1-16(2,3)25-15(24)21-17(4)5-7-23(8-6-17)14-13-11(9-20-22-13)12(18)10-19-14/h9-10H,5-8H2,1-4H3,(H,20,22)(H,21,24). The van der Waals surface area contributed by atoms with E-state index in [1.807, 2.05) is 20.8 Å². The van der Waals surface area contributed by atoms with Crippen LogP contribution in [-0.2, 0) is 4.74 Å². The summed E-state index contributed by atoms with van der Waals surface area (Å²) >= 11 is 3.50. The number of hydrogen-bond acceptors (Lipinski definition) is 5. The second-order valence-corrected chi connectivity index (χ2v) is 8.62. The van der Waals surface area contributed by atoms with Crippen molar-refractivity contribution in [1.29, 1.82) is 0 Å². The third-order valence-corrected chi connectivity index (χ3v) is 5.02. The molecule has 2 aromatic heterocycles. The van der Waals surface area contributed by atoms with Crippen molar-refractivity contribution in [3.63, 3.8) is 0 Å². The van der Waals surface area contributed by atoms with Crippen LogP contribution in [0.3, 0.4) is 0 Å². The Morgan fingerprint density at radius 1 is 1.36 bits per heavy atom. The lowest BCUT2D eigenvalue weighted by Crippen LogP contribution is -2.54. The number of nitrogens with zero attached hydrogens (tertiary/aromatic N) is 3. The van der Waals surface area contributed by atoms with Crippen LogP contribution in [0.15, 0.2) is 16.9 Å². The number of piperidine rings is 1. The van der Waals surface area contributed by atoms with Crippen LogP contribution in [0.25, 0.3) is 10.9 Å². The fourth-order valence-electron chi connectivity index (χ4n) is 3.02. The zero-order chi connectivity index (χ0) is 18.2. The molecule has 7 nitrogen and oxygen atoms in total. The molecule has 1 aliphatic heterocycles. The molecule has 3 heterocycles. The molecule has 0 atom stereocenters. The Morgan fingerprint density at radius 2 is 2.04 bits per heavy atom. The highest BCUT2D eigenvalue weighted by molar-refractivity contribution is 9.10. The number of halogens is 1. The molecule has 25 heavy (non-hydrogen) atoms. The van der Waals surface area contributed by atoms with E-state index in [0.717, 1.165) is 47.1 Å². The molecule has 3 rings (SSSR count). The van der Waals surface area contributed by atoms with Crippen molar-refractivity contribution in [3.05, 3.63) is 16.9 Å². The zero-order valence-electron chi connectivity index (χ0n) is 15.0. The number of pyridine rings is 1. The van der Waals surface area contributed by atoms with Gasteiger partial charge in [0.25, 0.3) is 0 Å². The molecule has 2 N–H and O–H groups in total. The van der Waals surface area contributed by atoms with Crippen molar-refractivity contribution >= 4 is 38.7 Å². The fraction of sp³-hybridized carbons (Fsp3) is 0.588. The Labute approximate surface area is 155 Å². The minimum atomic E-state index is -0.491. The fourth-order valence-corrected chi connectivity index (χ4v) is 3.42. The second kappa shape index (κ2) is 6.48.